The number of carbonyl (C=O) groups excluding carboxylic acids is 1. The number of pyridine rings is 1. The first kappa shape index (κ1) is 14.8. The van der Waals surface area contributed by atoms with E-state index in [4.69, 9.17) is 0 Å². The number of rotatable bonds is 4. The Morgan fingerprint density at radius 2 is 2.10 bits per heavy atom. The van der Waals surface area contributed by atoms with Crippen LogP contribution in [-0.2, 0) is 6.54 Å². The first-order chi connectivity index (χ1) is 10.1. The summed E-state index contributed by atoms with van der Waals surface area (Å²) in [6.45, 7) is 1.95. The highest BCUT2D eigenvalue weighted by Gasteiger charge is 2.04. The second-order valence-corrected chi connectivity index (χ2v) is 4.57. The number of halogens is 1. The molecule has 2 rings (SSSR count). The number of aryl methyl sites for hydroxylation is 1. The number of nitrogens with zero attached hydrogens (tertiary/aromatic N) is 1. The Hall–Kier alpha value is -2.63. The molecule has 110 valence electrons. The summed E-state index contributed by atoms with van der Waals surface area (Å²) in [6.07, 6.45) is 1.55. The molecule has 0 aliphatic heterocycles. The van der Waals surface area contributed by atoms with Crippen molar-refractivity contribution in [2.75, 3.05) is 17.7 Å². The summed E-state index contributed by atoms with van der Waals surface area (Å²) in [5, 5.41) is 8.21. The van der Waals surface area contributed by atoms with Crippen LogP contribution in [0.25, 0.3) is 0 Å². The van der Waals surface area contributed by atoms with Gasteiger partial charge in [0.25, 0.3) is 0 Å². The van der Waals surface area contributed by atoms with Gasteiger partial charge in [-0.05, 0) is 36.2 Å². The number of hydrogen-bond donors (Lipinski definition) is 3. The number of anilines is 2. The van der Waals surface area contributed by atoms with E-state index in [0.29, 0.717) is 16.8 Å². The maximum atomic E-state index is 13.4. The zero-order valence-corrected chi connectivity index (χ0v) is 11.9. The molecular formula is C15H17FN4O. The molecule has 0 aliphatic rings. The topological polar surface area (TPSA) is 66.0 Å². The maximum absolute atomic E-state index is 13.4. The molecule has 2 amide bonds. The summed E-state index contributed by atoms with van der Waals surface area (Å²) in [4.78, 5) is 15.8. The molecule has 21 heavy (non-hydrogen) atoms. The molecular weight excluding hydrogens is 271 g/mol. The number of hydrogen-bond acceptors (Lipinski definition) is 3. The number of amides is 2. The Kier molecular flexibility index (Phi) is 4.71. The number of benzene rings is 1. The molecule has 0 atom stereocenters. The third kappa shape index (κ3) is 4.17. The summed E-state index contributed by atoms with van der Waals surface area (Å²) in [6, 6.07) is 8.01. The summed E-state index contributed by atoms with van der Waals surface area (Å²) >= 11 is 0. The Labute approximate surface area is 122 Å². The van der Waals surface area contributed by atoms with Gasteiger partial charge in [-0.1, -0.05) is 12.1 Å². The Morgan fingerprint density at radius 3 is 2.71 bits per heavy atom. The van der Waals surface area contributed by atoms with Crippen LogP contribution in [0.15, 0.2) is 36.5 Å². The van der Waals surface area contributed by atoms with Gasteiger partial charge in [0.1, 0.15) is 11.6 Å². The van der Waals surface area contributed by atoms with E-state index in [1.807, 2.05) is 0 Å². The van der Waals surface area contributed by atoms with Crippen molar-refractivity contribution in [1.82, 2.24) is 10.3 Å². The average molecular weight is 288 g/mol. The molecule has 5 nitrogen and oxygen atoms in total. The van der Waals surface area contributed by atoms with Gasteiger partial charge in [-0.3, -0.25) is 0 Å². The lowest BCUT2D eigenvalue weighted by molar-refractivity contribution is 0.251. The van der Waals surface area contributed by atoms with Crippen molar-refractivity contribution in [1.29, 1.82) is 0 Å². The number of aromatic nitrogens is 1. The van der Waals surface area contributed by atoms with Crippen LogP contribution in [-0.4, -0.2) is 18.1 Å². The maximum Gasteiger partial charge on any atom is 0.319 e. The molecule has 6 heteroatoms. The molecule has 1 aromatic carbocycles. The molecule has 1 heterocycles. The lowest BCUT2D eigenvalue weighted by Gasteiger charge is -2.08. The van der Waals surface area contributed by atoms with Crippen LogP contribution in [0.1, 0.15) is 11.1 Å². The quantitative estimate of drug-likeness (QED) is 0.810. The summed E-state index contributed by atoms with van der Waals surface area (Å²) < 4.78 is 13.4. The summed E-state index contributed by atoms with van der Waals surface area (Å²) in [5.41, 5.74) is 1.87. The van der Waals surface area contributed by atoms with Crippen LogP contribution in [0.4, 0.5) is 20.7 Å². The molecule has 1 aromatic heterocycles. The van der Waals surface area contributed by atoms with E-state index in [9.17, 15) is 9.18 Å². The summed E-state index contributed by atoms with van der Waals surface area (Å²) in [5.74, 6) is 0.442. The smallest absolute Gasteiger partial charge is 0.319 e. The zero-order chi connectivity index (χ0) is 15.2. The third-order valence-corrected chi connectivity index (χ3v) is 2.97. The molecule has 0 radical (unpaired) electrons. The van der Waals surface area contributed by atoms with Gasteiger partial charge in [0, 0.05) is 13.6 Å². The number of urea groups is 1. The Balaban J connectivity index is 1.87. The first-order valence-corrected chi connectivity index (χ1v) is 6.52. The fourth-order valence-electron chi connectivity index (χ4n) is 1.72. The lowest BCUT2D eigenvalue weighted by atomic mass is 10.1. The normalized spacial score (nSPS) is 10.0. The van der Waals surface area contributed by atoms with E-state index in [1.54, 1.807) is 44.4 Å². The number of carbonyl (C=O) groups is 1. The minimum Gasteiger partial charge on any atom is -0.373 e. The molecule has 0 unspecified atom stereocenters. The monoisotopic (exact) mass is 288 g/mol. The molecule has 0 spiro atoms. The van der Waals surface area contributed by atoms with Gasteiger partial charge in [-0.15, -0.1) is 0 Å². The average Bonchev–Trinajstić information content (AvgIpc) is 2.49. The SMILES string of the molecule is CNc1ccc(NC(=O)NCc2ccc(C)c(F)c2)cn1. The second kappa shape index (κ2) is 6.69. The highest BCUT2D eigenvalue weighted by molar-refractivity contribution is 5.89. The highest BCUT2D eigenvalue weighted by atomic mass is 19.1. The van der Waals surface area contributed by atoms with Crippen LogP contribution in [0, 0.1) is 12.7 Å². The fraction of sp³-hybridized carbons (Fsp3) is 0.200. The van der Waals surface area contributed by atoms with E-state index in [-0.39, 0.29) is 18.4 Å². The Morgan fingerprint density at radius 1 is 1.29 bits per heavy atom. The van der Waals surface area contributed by atoms with Crippen molar-refractivity contribution in [3.63, 3.8) is 0 Å². The fourth-order valence-corrected chi connectivity index (χ4v) is 1.72. The molecule has 0 aliphatic carbocycles. The van der Waals surface area contributed by atoms with Gasteiger partial charge >= 0.3 is 6.03 Å². The molecule has 3 N–H and O–H groups in total. The molecule has 2 aromatic rings. The van der Waals surface area contributed by atoms with E-state index < -0.39 is 0 Å². The highest BCUT2D eigenvalue weighted by Crippen LogP contribution is 2.10. The third-order valence-electron chi connectivity index (χ3n) is 2.97. The van der Waals surface area contributed by atoms with Gasteiger partial charge in [-0.25, -0.2) is 14.2 Å². The van der Waals surface area contributed by atoms with Crippen LogP contribution in [0.2, 0.25) is 0 Å². The zero-order valence-electron chi connectivity index (χ0n) is 11.9. The van der Waals surface area contributed by atoms with Crippen LogP contribution < -0.4 is 16.0 Å². The van der Waals surface area contributed by atoms with Crippen molar-refractivity contribution < 1.29 is 9.18 Å². The minimum absolute atomic E-state index is 0.255. The van der Waals surface area contributed by atoms with E-state index in [2.05, 4.69) is 20.9 Å². The van der Waals surface area contributed by atoms with Crippen molar-refractivity contribution in [2.24, 2.45) is 0 Å². The van der Waals surface area contributed by atoms with Crippen molar-refractivity contribution >= 4 is 17.5 Å². The van der Waals surface area contributed by atoms with E-state index in [0.717, 1.165) is 5.82 Å². The first-order valence-electron chi connectivity index (χ1n) is 6.52. The van der Waals surface area contributed by atoms with Crippen LogP contribution in [0.3, 0.4) is 0 Å². The predicted molar refractivity (Wildman–Crippen MR) is 80.8 cm³/mol. The number of nitrogens with one attached hydrogen (secondary N) is 3. The Bertz CT molecular complexity index is 628. The van der Waals surface area contributed by atoms with E-state index in [1.165, 1.54) is 6.07 Å². The van der Waals surface area contributed by atoms with Gasteiger partial charge in [-0.2, -0.15) is 0 Å². The minimum atomic E-state index is -0.366. The van der Waals surface area contributed by atoms with Crippen molar-refractivity contribution in [3.8, 4) is 0 Å². The van der Waals surface area contributed by atoms with Crippen LogP contribution in [0.5, 0.6) is 0 Å². The lowest BCUT2D eigenvalue weighted by Crippen LogP contribution is -2.28. The van der Waals surface area contributed by atoms with Gasteiger partial charge in [0.05, 0.1) is 11.9 Å². The van der Waals surface area contributed by atoms with E-state index >= 15 is 0 Å². The van der Waals surface area contributed by atoms with Gasteiger partial charge in [0.15, 0.2) is 0 Å². The van der Waals surface area contributed by atoms with Gasteiger partial charge < -0.3 is 16.0 Å². The van der Waals surface area contributed by atoms with Crippen molar-refractivity contribution in [3.05, 3.63) is 53.5 Å². The largest absolute Gasteiger partial charge is 0.373 e. The van der Waals surface area contributed by atoms with Crippen molar-refractivity contribution in [2.45, 2.75) is 13.5 Å². The van der Waals surface area contributed by atoms with Crippen LogP contribution >= 0.6 is 0 Å². The predicted octanol–water partition coefficient (Wildman–Crippen LogP) is 2.89. The molecule has 0 saturated carbocycles. The molecule has 0 saturated heterocycles. The standard InChI is InChI=1S/C15H17FN4O/c1-10-3-4-11(7-13(10)16)8-19-15(21)20-12-5-6-14(17-2)18-9-12/h3-7,9H,8H2,1-2H3,(H,17,18)(H2,19,20,21). The second-order valence-electron chi connectivity index (χ2n) is 4.57. The van der Waals surface area contributed by atoms with Gasteiger partial charge in [0.2, 0.25) is 0 Å². The molecule has 0 fully saturated rings. The molecule has 0 bridgehead atoms. The summed E-state index contributed by atoms with van der Waals surface area (Å²) in [7, 11) is 1.77.